The van der Waals surface area contributed by atoms with Crippen molar-refractivity contribution in [3.63, 3.8) is 0 Å². The van der Waals surface area contributed by atoms with E-state index in [0.29, 0.717) is 31.2 Å². The Labute approximate surface area is 118 Å². The molecule has 0 aliphatic carbocycles. The number of hydrogen-bond acceptors (Lipinski definition) is 5. The van der Waals surface area contributed by atoms with Crippen molar-refractivity contribution in [3.05, 3.63) is 17.8 Å². The fourth-order valence-corrected chi connectivity index (χ4v) is 2.25. The quantitative estimate of drug-likeness (QED) is 0.752. The predicted molar refractivity (Wildman–Crippen MR) is 72.3 cm³/mol. The monoisotopic (exact) mass is 280 g/mol. The molecule has 0 radical (unpaired) electrons. The first kappa shape index (κ1) is 14.5. The van der Waals surface area contributed by atoms with Crippen molar-refractivity contribution in [1.29, 1.82) is 0 Å². The largest absolute Gasteiger partial charge is 0.448 e. The van der Waals surface area contributed by atoms with Crippen molar-refractivity contribution >= 4 is 11.8 Å². The van der Waals surface area contributed by atoms with E-state index >= 15 is 0 Å². The van der Waals surface area contributed by atoms with Crippen LogP contribution in [0.15, 0.2) is 10.7 Å². The molecule has 2 heterocycles. The van der Waals surface area contributed by atoms with Gasteiger partial charge in [0.1, 0.15) is 12.3 Å². The highest BCUT2D eigenvalue weighted by Gasteiger charge is 2.34. The van der Waals surface area contributed by atoms with Gasteiger partial charge in [0, 0.05) is 40.7 Å². The Balaban J connectivity index is 2.10. The molecule has 20 heavy (non-hydrogen) atoms. The molecule has 0 N–H and O–H groups in total. The number of amides is 2. The third-order valence-corrected chi connectivity index (χ3v) is 3.50. The highest BCUT2D eigenvalue weighted by molar-refractivity contribution is 5.93. The van der Waals surface area contributed by atoms with Gasteiger partial charge in [-0.3, -0.25) is 14.5 Å². The second kappa shape index (κ2) is 5.62. The van der Waals surface area contributed by atoms with Crippen LogP contribution in [-0.2, 0) is 4.79 Å². The number of aromatic nitrogens is 1. The van der Waals surface area contributed by atoms with Gasteiger partial charge in [0.15, 0.2) is 11.6 Å². The van der Waals surface area contributed by atoms with Gasteiger partial charge in [0.25, 0.3) is 5.91 Å². The van der Waals surface area contributed by atoms with Crippen molar-refractivity contribution < 1.29 is 14.0 Å². The lowest BCUT2D eigenvalue weighted by atomic mass is 10.1. The Bertz CT molecular complexity index is 511. The Morgan fingerprint density at radius 3 is 2.65 bits per heavy atom. The van der Waals surface area contributed by atoms with E-state index in [1.54, 1.807) is 30.8 Å². The van der Waals surface area contributed by atoms with Crippen molar-refractivity contribution in [2.45, 2.75) is 13.0 Å². The Hall–Kier alpha value is -1.89. The first-order valence-corrected chi connectivity index (χ1v) is 6.53. The highest BCUT2D eigenvalue weighted by atomic mass is 16.3. The standard InChI is InChI=1S/C13H20N4O3/c1-9-14-10(8-20-9)12(18)17-6-5-16(4)11(7-17)13(19)15(2)3/h8,11H,5-7H2,1-4H3. The van der Waals surface area contributed by atoms with E-state index in [0.717, 1.165) is 0 Å². The molecule has 0 saturated carbocycles. The molecule has 110 valence electrons. The second-order valence-corrected chi connectivity index (χ2v) is 5.23. The lowest BCUT2D eigenvalue weighted by molar-refractivity contribution is -0.135. The lowest BCUT2D eigenvalue weighted by Gasteiger charge is -2.39. The van der Waals surface area contributed by atoms with Crippen LogP contribution in [0.3, 0.4) is 0 Å². The molecule has 1 aliphatic rings. The van der Waals surface area contributed by atoms with Crippen LogP contribution in [-0.4, -0.2) is 78.3 Å². The molecule has 1 fully saturated rings. The Morgan fingerprint density at radius 2 is 2.10 bits per heavy atom. The van der Waals surface area contributed by atoms with Crippen LogP contribution in [0.1, 0.15) is 16.4 Å². The number of nitrogens with zero attached hydrogens (tertiary/aromatic N) is 4. The minimum absolute atomic E-state index is 0.00123. The summed E-state index contributed by atoms with van der Waals surface area (Å²) in [5.41, 5.74) is 0.295. The molecule has 0 bridgehead atoms. The fraction of sp³-hybridized carbons (Fsp3) is 0.615. The average Bonchev–Trinajstić information content (AvgIpc) is 2.84. The zero-order valence-electron chi connectivity index (χ0n) is 12.3. The minimum atomic E-state index is -0.310. The molecule has 1 unspecified atom stereocenters. The summed E-state index contributed by atoms with van der Waals surface area (Å²) in [4.78, 5) is 33.7. The molecule has 1 saturated heterocycles. The normalized spacial score (nSPS) is 20.0. The summed E-state index contributed by atoms with van der Waals surface area (Å²) in [6.07, 6.45) is 1.36. The van der Waals surface area contributed by atoms with E-state index in [-0.39, 0.29) is 17.9 Å². The van der Waals surface area contributed by atoms with Crippen LogP contribution in [0.25, 0.3) is 0 Å². The molecule has 1 aromatic heterocycles. The van der Waals surface area contributed by atoms with Crippen LogP contribution in [0, 0.1) is 6.92 Å². The van der Waals surface area contributed by atoms with Gasteiger partial charge in [-0.05, 0) is 7.05 Å². The Kier molecular flexibility index (Phi) is 4.08. The van der Waals surface area contributed by atoms with Gasteiger partial charge in [0.05, 0.1) is 0 Å². The maximum atomic E-state index is 12.3. The van der Waals surface area contributed by atoms with Crippen LogP contribution < -0.4 is 0 Å². The first-order chi connectivity index (χ1) is 9.40. The summed E-state index contributed by atoms with van der Waals surface area (Å²) in [7, 11) is 5.34. The zero-order valence-corrected chi connectivity index (χ0v) is 12.3. The highest BCUT2D eigenvalue weighted by Crippen LogP contribution is 2.13. The lowest BCUT2D eigenvalue weighted by Crippen LogP contribution is -2.58. The van der Waals surface area contributed by atoms with Crippen molar-refractivity contribution in [1.82, 2.24) is 19.7 Å². The summed E-state index contributed by atoms with van der Waals surface area (Å²) < 4.78 is 5.07. The van der Waals surface area contributed by atoms with Crippen LogP contribution >= 0.6 is 0 Å². The van der Waals surface area contributed by atoms with Crippen molar-refractivity contribution in [2.75, 3.05) is 40.8 Å². The SMILES string of the molecule is Cc1nc(C(=O)N2CCN(C)C(C(=O)N(C)C)C2)co1. The molecule has 1 aromatic rings. The summed E-state index contributed by atoms with van der Waals surface area (Å²) in [5, 5.41) is 0. The molecule has 2 amide bonds. The smallest absolute Gasteiger partial charge is 0.275 e. The van der Waals surface area contributed by atoms with Gasteiger partial charge >= 0.3 is 0 Å². The van der Waals surface area contributed by atoms with Crippen molar-refractivity contribution in [3.8, 4) is 0 Å². The molecule has 0 aromatic carbocycles. The number of carbonyl (C=O) groups is 2. The number of carbonyl (C=O) groups excluding carboxylic acids is 2. The number of rotatable bonds is 2. The number of likely N-dealkylation sites (N-methyl/N-ethyl adjacent to an activating group) is 2. The van der Waals surface area contributed by atoms with Crippen LogP contribution in [0.2, 0.25) is 0 Å². The third-order valence-electron chi connectivity index (χ3n) is 3.50. The summed E-state index contributed by atoms with van der Waals surface area (Å²) in [6.45, 7) is 3.31. The molecule has 7 heteroatoms. The first-order valence-electron chi connectivity index (χ1n) is 6.53. The van der Waals surface area contributed by atoms with Gasteiger partial charge in [-0.25, -0.2) is 4.98 Å². The number of piperazine rings is 1. The van der Waals surface area contributed by atoms with Crippen LogP contribution in [0.5, 0.6) is 0 Å². The van der Waals surface area contributed by atoms with E-state index in [9.17, 15) is 9.59 Å². The summed E-state index contributed by atoms with van der Waals surface area (Å²) >= 11 is 0. The number of oxazole rings is 1. The maximum absolute atomic E-state index is 12.3. The molecular formula is C13H20N4O3. The zero-order chi connectivity index (χ0) is 14.9. The minimum Gasteiger partial charge on any atom is -0.448 e. The van der Waals surface area contributed by atoms with E-state index in [1.165, 1.54) is 6.26 Å². The van der Waals surface area contributed by atoms with E-state index in [1.807, 2.05) is 11.9 Å². The van der Waals surface area contributed by atoms with E-state index < -0.39 is 0 Å². The van der Waals surface area contributed by atoms with Crippen molar-refractivity contribution in [2.24, 2.45) is 0 Å². The molecule has 7 nitrogen and oxygen atoms in total. The number of hydrogen-bond donors (Lipinski definition) is 0. The second-order valence-electron chi connectivity index (χ2n) is 5.23. The molecular weight excluding hydrogens is 260 g/mol. The topological polar surface area (TPSA) is 69.9 Å². The fourth-order valence-electron chi connectivity index (χ4n) is 2.25. The predicted octanol–water partition coefficient (Wildman–Crippen LogP) is -0.173. The third kappa shape index (κ3) is 2.82. The molecule has 2 rings (SSSR count). The summed E-state index contributed by atoms with van der Waals surface area (Å²) in [6, 6.07) is -0.310. The van der Waals surface area contributed by atoms with Crippen LogP contribution in [0.4, 0.5) is 0 Å². The number of aryl methyl sites for hydroxylation is 1. The Morgan fingerprint density at radius 1 is 1.40 bits per heavy atom. The van der Waals surface area contributed by atoms with E-state index in [2.05, 4.69) is 4.98 Å². The van der Waals surface area contributed by atoms with Gasteiger partial charge in [0.2, 0.25) is 5.91 Å². The van der Waals surface area contributed by atoms with E-state index in [4.69, 9.17) is 4.42 Å². The average molecular weight is 280 g/mol. The molecule has 1 atom stereocenters. The van der Waals surface area contributed by atoms with Gasteiger partial charge in [-0.1, -0.05) is 0 Å². The van der Waals surface area contributed by atoms with Gasteiger partial charge in [-0.15, -0.1) is 0 Å². The summed E-state index contributed by atoms with van der Waals surface area (Å²) in [5.74, 6) is 0.274. The molecule has 0 spiro atoms. The maximum Gasteiger partial charge on any atom is 0.275 e. The van der Waals surface area contributed by atoms with Gasteiger partial charge < -0.3 is 14.2 Å². The molecule has 1 aliphatic heterocycles. The van der Waals surface area contributed by atoms with Gasteiger partial charge in [-0.2, -0.15) is 0 Å².